The van der Waals surface area contributed by atoms with E-state index >= 15 is 0 Å². The van der Waals surface area contributed by atoms with Gasteiger partial charge in [0, 0.05) is 23.7 Å². The van der Waals surface area contributed by atoms with Gasteiger partial charge in [0.15, 0.2) is 6.61 Å². The maximum Gasteiger partial charge on any atom is 0.319 e. The number of hydrogen-bond donors (Lipinski definition) is 3. The molecule has 2 aromatic carbocycles. The Labute approximate surface area is 161 Å². The zero-order valence-corrected chi connectivity index (χ0v) is 15.5. The van der Waals surface area contributed by atoms with E-state index in [4.69, 9.17) is 9.47 Å². The van der Waals surface area contributed by atoms with Gasteiger partial charge < -0.3 is 25.4 Å². The number of rotatable bonds is 2. The van der Waals surface area contributed by atoms with Gasteiger partial charge in [-0.15, -0.1) is 0 Å². The second-order valence-corrected chi connectivity index (χ2v) is 7.45. The van der Waals surface area contributed by atoms with Crippen LogP contribution < -0.4 is 25.4 Å². The summed E-state index contributed by atoms with van der Waals surface area (Å²) in [5, 5.41) is 8.36. The summed E-state index contributed by atoms with van der Waals surface area (Å²) in [5.74, 6) is 0.336. The van der Waals surface area contributed by atoms with Crippen LogP contribution in [0.25, 0.3) is 0 Å². The Morgan fingerprint density at radius 3 is 2.86 bits per heavy atom. The van der Waals surface area contributed by atoms with Crippen molar-refractivity contribution in [2.24, 2.45) is 0 Å². The molecule has 0 fully saturated rings. The third-order valence-electron chi connectivity index (χ3n) is 4.61. The second kappa shape index (κ2) is 6.70. The summed E-state index contributed by atoms with van der Waals surface area (Å²) in [4.78, 5) is 24.0. The van der Waals surface area contributed by atoms with Crippen LogP contribution >= 0.6 is 0 Å². The first-order valence-electron chi connectivity index (χ1n) is 8.92. The Bertz CT molecular complexity index is 960. The quantitative estimate of drug-likeness (QED) is 0.737. The highest BCUT2D eigenvalue weighted by Crippen LogP contribution is 2.39. The van der Waals surface area contributed by atoms with Gasteiger partial charge in [-0.25, -0.2) is 9.18 Å². The Balaban J connectivity index is 1.50. The number of ether oxygens (including phenoxy) is 2. The molecule has 0 bridgehead atoms. The lowest BCUT2D eigenvalue weighted by molar-refractivity contribution is -0.118. The number of carbonyl (C=O) groups excluding carboxylic acids is 2. The molecule has 4 rings (SSSR count). The summed E-state index contributed by atoms with van der Waals surface area (Å²) < 4.78 is 24.7. The molecule has 0 radical (unpaired) electrons. The van der Waals surface area contributed by atoms with E-state index in [0.29, 0.717) is 29.3 Å². The van der Waals surface area contributed by atoms with E-state index in [1.54, 1.807) is 24.3 Å². The van der Waals surface area contributed by atoms with E-state index in [1.165, 1.54) is 12.1 Å². The Morgan fingerprint density at radius 2 is 2.04 bits per heavy atom. The molecular weight excluding hydrogens is 365 g/mol. The first-order valence-corrected chi connectivity index (χ1v) is 8.92. The minimum absolute atomic E-state index is 0.0280. The molecule has 0 saturated heterocycles. The van der Waals surface area contributed by atoms with Gasteiger partial charge in [-0.1, -0.05) is 6.07 Å². The fourth-order valence-corrected chi connectivity index (χ4v) is 3.44. The van der Waals surface area contributed by atoms with Crippen molar-refractivity contribution in [1.29, 1.82) is 0 Å². The van der Waals surface area contributed by atoms with E-state index in [9.17, 15) is 14.0 Å². The number of carbonyl (C=O) groups is 2. The summed E-state index contributed by atoms with van der Waals surface area (Å²) in [7, 11) is 0. The minimum atomic E-state index is -0.549. The highest BCUT2D eigenvalue weighted by molar-refractivity contribution is 5.97. The van der Waals surface area contributed by atoms with E-state index < -0.39 is 17.4 Å². The van der Waals surface area contributed by atoms with Gasteiger partial charge in [0.2, 0.25) is 0 Å². The normalized spacial score (nSPS) is 19.2. The molecule has 2 heterocycles. The predicted octanol–water partition coefficient (Wildman–Crippen LogP) is 3.58. The van der Waals surface area contributed by atoms with Crippen LogP contribution in [0.5, 0.6) is 11.5 Å². The van der Waals surface area contributed by atoms with Crippen molar-refractivity contribution in [3.63, 3.8) is 0 Å². The van der Waals surface area contributed by atoms with E-state index in [0.717, 1.165) is 5.56 Å². The maximum atomic E-state index is 13.6. The molecule has 1 atom stereocenters. The van der Waals surface area contributed by atoms with Crippen LogP contribution in [0.15, 0.2) is 36.4 Å². The number of fused-ring (bicyclic) bond motifs is 2. The lowest BCUT2D eigenvalue weighted by Crippen LogP contribution is -2.42. The van der Waals surface area contributed by atoms with Crippen LogP contribution in [-0.4, -0.2) is 24.1 Å². The van der Waals surface area contributed by atoms with Crippen molar-refractivity contribution in [2.75, 3.05) is 17.2 Å². The lowest BCUT2D eigenvalue weighted by Gasteiger charge is -2.37. The van der Waals surface area contributed by atoms with Crippen molar-refractivity contribution >= 4 is 23.3 Å². The van der Waals surface area contributed by atoms with Crippen LogP contribution in [-0.2, 0) is 4.79 Å². The fourth-order valence-electron chi connectivity index (χ4n) is 3.44. The minimum Gasteiger partial charge on any atom is -0.487 e. The summed E-state index contributed by atoms with van der Waals surface area (Å²) in [6, 6.07) is 8.54. The molecule has 0 saturated carbocycles. The molecular formula is C20H20FN3O4. The van der Waals surface area contributed by atoms with E-state index in [2.05, 4.69) is 16.0 Å². The van der Waals surface area contributed by atoms with Gasteiger partial charge >= 0.3 is 6.03 Å². The third kappa shape index (κ3) is 3.71. The summed E-state index contributed by atoms with van der Waals surface area (Å²) in [5.41, 5.74) is 1.18. The maximum absolute atomic E-state index is 13.6. The molecule has 2 aliphatic rings. The van der Waals surface area contributed by atoms with Crippen LogP contribution in [0.1, 0.15) is 31.9 Å². The van der Waals surface area contributed by atoms with Gasteiger partial charge in [0.1, 0.15) is 22.9 Å². The molecule has 0 aliphatic carbocycles. The highest BCUT2D eigenvalue weighted by atomic mass is 19.1. The van der Waals surface area contributed by atoms with Crippen LogP contribution in [0, 0.1) is 5.82 Å². The number of nitrogens with one attached hydrogen (secondary N) is 3. The molecule has 0 unspecified atom stereocenters. The highest BCUT2D eigenvalue weighted by Gasteiger charge is 2.34. The predicted molar refractivity (Wildman–Crippen MR) is 101 cm³/mol. The molecule has 0 spiro atoms. The molecule has 146 valence electrons. The van der Waals surface area contributed by atoms with E-state index in [1.807, 2.05) is 13.8 Å². The topological polar surface area (TPSA) is 88.7 Å². The van der Waals surface area contributed by atoms with Gasteiger partial charge in [-0.3, -0.25) is 4.79 Å². The average Bonchev–Trinajstić information content (AvgIpc) is 2.59. The van der Waals surface area contributed by atoms with E-state index in [-0.39, 0.29) is 18.6 Å². The summed E-state index contributed by atoms with van der Waals surface area (Å²) >= 11 is 0. The zero-order chi connectivity index (χ0) is 19.9. The summed E-state index contributed by atoms with van der Waals surface area (Å²) in [6.07, 6.45) is 0.535. The first-order chi connectivity index (χ1) is 13.3. The first kappa shape index (κ1) is 18.1. The Hall–Kier alpha value is -3.29. The van der Waals surface area contributed by atoms with Gasteiger partial charge in [-0.2, -0.15) is 0 Å². The Kier molecular flexibility index (Phi) is 4.33. The third-order valence-corrected chi connectivity index (χ3v) is 4.61. The summed E-state index contributed by atoms with van der Waals surface area (Å²) in [6.45, 7) is 3.75. The van der Waals surface area contributed by atoms with Crippen molar-refractivity contribution in [3.8, 4) is 11.5 Å². The molecule has 0 aromatic heterocycles. The lowest BCUT2D eigenvalue weighted by atomic mass is 9.90. The number of benzene rings is 2. The molecule has 8 heteroatoms. The smallest absolute Gasteiger partial charge is 0.319 e. The molecule has 3 N–H and O–H groups in total. The van der Waals surface area contributed by atoms with Gasteiger partial charge in [-0.05, 0) is 38.1 Å². The number of halogens is 1. The molecule has 2 aliphatic heterocycles. The average molecular weight is 385 g/mol. The number of urea groups is 1. The second-order valence-electron chi connectivity index (χ2n) is 7.45. The van der Waals surface area contributed by atoms with Crippen LogP contribution in [0.2, 0.25) is 0 Å². The monoisotopic (exact) mass is 385 g/mol. The number of hydrogen-bond acceptors (Lipinski definition) is 4. The van der Waals surface area contributed by atoms with Gasteiger partial charge in [0.05, 0.1) is 11.7 Å². The number of amides is 3. The van der Waals surface area contributed by atoms with Crippen molar-refractivity contribution in [3.05, 3.63) is 47.8 Å². The van der Waals surface area contributed by atoms with Crippen molar-refractivity contribution in [1.82, 2.24) is 5.32 Å². The van der Waals surface area contributed by atoms with Gasteiger partial charge in [0.25, 0.3) is 5.91 Å². The van der Waals surface area contributed by atoms with Crippen molar-refractivity contribution < 1.29 is 23.5 Å². The molecule has 2 aromatic rings. The number of anilines is 2. The molecule has 7 nitrogen and oxygen atoms in total. The largest absolute Gasteiger partial charge is 0.487 e. The van der Waals surface area contributed by atoms with Crippen molar-refractivity contribution in [2.45, 2.75) is 31.9 Å². The molecule has 28 heavy (non-hydrogen) atoms. The fraction of sp³-hybridized carbons (Fsp3) is 0.300. The Morgan fingerprint density at radius 1 is 1.21 bits per heavy atom. The van der Waals surface area contributed by atoms with Crippen LogP contribution in [0.3, 0.4) is 0 Å². The SMILES string of the molecule is CC1(C)C[C@@H](NC(=O)Nc2ccc3c(c2)NC(=O)CO3)c2ccc(F)cc2O1. The molecule has 3 amide bonds. The zero-order valence-electron chi connectivity index (χ0n) is 15.5. The van der Waals surface area contributed by atoms with Crippen LogP contribution in [0.4, 0.5) is 20.6 Å². The standard InChI is InChI=1S/C20H20FN3O4/c1-20(2)9-15(13-5-3-11(21)7-17(13)28-20)24-19(26)22-12-4-6-16-14(8-12)23-18(25)10-27-16/h3-8,15H,9-10H2,1-2H3,(H,23,25)(H2,22,24,26)/t15-/m1/s1.